The Kier molecular flexibility index (Phi) is 6.56. The van der Waals surface area contributed by atoms with Crippen LogP contribution < -0.4 is 4.74 Å². The lowest BCUT2D eigenvalue weighted by molar-refractivity contribution is -0.139. The monoisotopic (exact) mass is 340 g/mol. The van der Waals surface area contributed by atoms with Crippen LogP contribution in [-0.4, -0.2) is 21.5 Å². The van der Waals surface area contributed by atoms with E-state index < -0.39 is 19.8 Å². The highest BCUT2D eigenvalue weighted by Gasteiger charge is 2.34. The van der Waals surface area contributed by atoms with Gasteiger partial charge in [-0.05, 0) is 23.7 Å². The van der Waals surface area contributed by atoms with Gasteiger partial charge in [-0.2, -0.15) is 13.2 Å². The Balaban J connectivity index is 2.62. The van der Waals surface area contributed by atoms with Crippen LogP contribution in [0.2, 0.25) is 25.7 Å². The second-order valence-corrected chi connectivity index (χ2v) is 11.8. The van der Waals surface area contributed by atoms with Crippen molar-refractivity contribution in [1.82, 2.24) is 0 Å². The van der Waals surface area contributed by atoms with Crippen LogP contribution in [0.5, 0.6) is 5.75 Å². The average molecular weight is 341 g/mol. The van der Waals surface area contributed by atoms with Gasteiger partial charge in [0.2, 0.25) is 0 Å². The van der Waals surface area contributed by atoms with Crippen LogP contribution in [0.1, 0.15) is 11.1 Å². The Morgan fingerprint density at radius 1 is 1.19 bits per heavy atom. The summed E-state index contributed by atoms with van der Waals surface area (Å²) in [6.45, 7) is 6.90. The molecule has 0 fully saturated rings. The van der Waals surface area contributed by atoms with Crippen LogP contribution in [0.15, 0.2) is 18.2 Å². The fourth-order valence-corrected chi connectivity index (χ4v) is 2.47. The van der Waals surface area contributed by atoms with Gasteiger partial charge in [-0.1, -0.05) is 25.7 Å². The van der Waals surface area contributed by atoms with Gasteiger partial charge in [-0.25, -0.2) is 0 Å². The van der Waals surface area contributed by atoms with Crippen molar-refractivity contribution in [3.05, 3.63) is 29.3 Å². The molecular weight excluding hydrogens is 321 g/mol. The van der Waals surface area contributed by atoms with Crippen LogP contribution in [0, 0.1) is 0 Å². The first-order valence-electron chi connectivity index (χ1n) is 6.60. The number of halogens is 4. The molecule has 2 nitrogen and oxygen atoms in total. The van der Waals surface area contributed by atoms with Crippen molar-refractivity contribution in [3.8, 4) is 5.75 Å². The van der Waals surface area contributed by atoms with Crippen LogP contribution in [0.3, 0.4) is 0 Å². The molecule has 0 spiro atoms. The second-order valence-electron chi connectivity index (χ2n) is 5.94. The predicted octanol–water partition coefficient (Wildman–Crippen LogP) is 5.14. The van der Waals surface area contributed by atoms with E-state index in [9.17, 15) is 13.2 Å². The van der Waals surface area contributed by atoms with E-state index in [1.807, 2.05) is 0 Å². The molecule has 0 aliphatic heterocycles. The largest absolute Gasteiger partial charge is 0.467 e. The van der Waals surface area contributed by atoms with E-state index in [2.05, 4.69) is 19.6 Å². The fourth-order valence-electron chi connectivity index (χ4n) is 1.55. The van der Waals surface area contributed by atoms with Crippen LogP contribution in [0.4, 0.5) is 13.2 Å². The molecule has 0 heterocycles. The molecule has 1 aromatic rings. The summed E-state index contributed by atoms with van der Waals surface area (Å²) in [5.41, 5.74) is -0.426. The first-order chi connectivity index (χ1) is 9.63. The Hall–Kier alpha value is -0.723. The highest BCUT2D eigenvalue weighted by Crippen LogP contribution is 2.37. The van der Waals surface area contributed by atoms with Gasteiger partial charge in [0, 0.05) is 20.6 Å². The maximum atomic E-state index is 12.9. The van der Waals surface area contributed by atoms with Crippen molar-refractivity contribution in [1.29, 1.82) is 0 Å². The van der Waals surface area contributed by atoms with Gasteiger partial charge in [0.05, 0.1) is 5.56 Å². The number of hydrogen-bond donors (Lipinski definition) is 0. The van der Waals surface area contributed by atoms with E-state index in [4.69, 9.17) is 21.1 Å². The molecule has 0 unspecified atom stereocenters. The molecule has 1 aromatic carbocycles. The first kappa shape index (κ1) is 18.3. The Bertz CT molecular complexity index is 459. The summed E-state index contributed by atoms with van der Waals surface area (Å²) < 4.78 is 49.2. The molecule has 0 aliphatic rings. The molecule has 120 valence electrons. The zero-order valence-electron chi connectivity index (χ0n) is 12.4. The van der Waals surface area contributed by atoms with Crippen molar-refractivity contribution in [2.45, 2.75) is 37.7 Å². The van der Waals surface area contributed by atoms with Gasteiger partial charge in [0.25, 0.3) is 0 Å². The highest BCUT2D eigenvalue weighted by atomic mass is 35.5. The molecule has 0 saturated heterocycles. The van der Waals surface area contributed by atoms with Gasteiger partial charge in [-0.3, -0.25) is 0 Å². The third-order valence-corrected chi connectivity index (χ3v) is 4.81. The third kappa shape index (κ3) is 6.71. The standard InChI is InChI=1S/C14H20ClF3O2Si/c1-21(2,3)7-6-19-10-20-13-5-4-11(9-15)8-12(13)14(16,17)18/h4-5,8H,6-7,9-10H2,1-3H3. The van der Waals surface area contributed by atoms with Crippen LogP contribution in [-0.2, 0) is 16.8 Å². The number of ether oxygens (including phenoxy) is 2. The summed E-state index contributed by atoms with van der Waals surface area (Å²) in [6, 6.07) is 4.74. The van der Waals surface area contributed by atoms with Gasteiger partial charge in [0.15, 0.2) is 6.79 Å². The summed E-state index contributed by atoms with van der Waals surface area (Å²) >= 11 is 5.56. The third-order valence-electron chi connectivity index (χ3n) is 2.80. The maximum Gasteiger partial charge on any atom is 0.419 e. The molecule has 0 amide bonds. The molecule has 21 heavy (non-hydrogen) atoms. The molecule has 7 heteroatoms. The molecule has 0 aromatic heterocycles. The SMILES string of the molecule is C[Si](C)(C)CCOCOc1ccc(CCl)cc1C(F)(F)F. The van der Waals surface area contributed by atoms with E-state index >= 15 is 0 Å². The van der Waals surface area contributed by atoms with Crippen LogP contribution >= 0.6 is 11.6 Å². The van der Waals surface area contributed by atoms with Gasteiger partial charge in [-0.15, -0.1) is 11.6 Å². The molecule has 0 radical (unpaired) electrons. The van der Waals surface area contributed by atoms with E-state index in [-0.39, 0.29) is 18.4 Å². The number of benzene rings is 1. The fraction of sp³-hybridized carbons (Fsp3) is 0.571. The minimum absolute atomic E-state index is 0.0239. The molecule has 0 bridgehead atoms. The molecule has 0 saturated carbocycles. The normalized spacial score (nSPS) is 12.5. The summed E-state index contributed by atoms with van der Waals surface area (Å²) in [5, 5.41) is 0. The van der Waals surface area contributed by atoms with Gasteiger partial charge < -0.3 is 9.47 Å². The van der Waals surface area contributed by atoms with E-state index in [0.29, 0.717) is 12.2 Å². The Labute approximate surface area is 129 Å². The smallest absolute Gasteiger partial charge is 0.419 e. The van der Waals surface area contributed by atoms with Crippen molar-refractivity contribution < 1.29 is 22.6 Å². The van der Waals surface area contributed by atoms with Crippen LogP contribution in [0.25, 0.3) is 0 Å². The summed E-state index contributed by atoms with van der Waals surface area (Å²) in [7, 11) is -1.21. The summed E-state index contributed by atoms with van der Waals surface area (Å²) in [5.74, 6) is -0.208. The van der Waals surface area contributed by atoms with Crippen molar-refractivity contribution in [2.75, 3.05) is 13.4 Å². The number of alkyl halides is 4. The van der Waals surface area contributed by atoms with Crippen molar-refractivity contribution >= 4 is 19.7 Å². The minimum atomic E-state index is -4.48. The minimum Gasteiger partial charge on any atom is -0.467 e. The summed E-state index contributed by atoms with van der Waals surface area (Å²) in [4.78, 5) is 0. The zero-order chi connectivity index (χ0) is 16.1. The quantitative estimate of drug-likeness (QED) is 0.296. The highest BCUT2D eigenvalue weighted by molar-refractivity contribution is 6.76. The lowest BCUT2D eigenvalue weighted by Crippen LogP contribution is -2.22. The average Bonchev–Trinajstić information content (AvgIpc) is 2.36. The van der Waals surface area contributed by atoms with Crippen molar-refractivity contribution in [3.63, 3.8) is 0 Å². The zero-order valence-corrected chi connectivity index (χ0v) is 14.1. The van der Waals surface area contributed by atoms with E-state index in [1.165, 1.54) is 12.1 Å². The van der Waals surface area contributed by atoms with Gasteiger partial charge in [0.1, 0.15) is 5.75 Å². The van der Waals surface area contributed by atoms with Gasteiger partial charge >= 0.3 is 6.18 Å². The predicted molar refractivity (Wildman–Crippen MR) is 80.6 cm³/mol. The molecule has 0 N–H and O–H groups in total. The maximum absolute atomic E-state index is 12.9. The Morgan fingerprint density at radius 2 is 1.86 bits per heavy atom. The molecule has 0 aliphatic carbocycles. The molecule has 0 atom stereocenters. The van der Waals surface area contributed by atoms with E-state index in [1.54, 1.807) is 0 Å². The van der Waals surface area contributed by atoms with Crippen molar-refractivity contribution in [2.24, 2.45) is 0 Å². The topological polar surface area (TPSA) is 18.5 Å². The number of rotatable bonds is 7. The molecular formula is C14H20ClF3O2Si. The number of hydrogen-bond acceptors (Lipinski definition) is 2. The lowest BCUT2D eigenvalue weighted by Gasteiger charge is -2.17. The lowest BCUT2D eigenvalue weighted by atomic mass is 10.1. The molecule has 1 rings (SSSR count). The first-order valence-corrected chi connectivity index (χ1v) is 10.8. The second kappa shape index (κ2) is 7.51. The van der Waals surface area contributed by atoms with E-state index in [0.717, 1.165) is 12.1 Å². The summed E-state index contributed by atoms with van der Waals surface area (Å²) in [6.07, 6.45) is -4.48. The Morgan fingerprint density at radius 3 is 2.38 bits per heavy atom.